The molecule has 0 amide bonds. The van der Waals surface area contributed by atoms with Crippen LogP contribution < -0.4 is 9.47 Å². The topological polar surface area (TPSA) is 99.1 Å². The van der Waals surface area contributed by atoms with Gasteiger partial charge in [0.1, 0.15) is 17.2 Å². The number of phenolic OH excluding ortho intramolecular Hbond substituents is 1. The van der Waals surface area contributed by atoms with Crippen molar-refractivity contribution in [2.24, 2.45) is 0 Å². The van der Waals surface area contributed by atoms with E-state index in [2.05, 4.69) is 6.58 Å². The van der Waals surface area contributed by atoms with Crippen molar-refractivity contribution in [3.8, 4) is 17.2 Å². The maximum Gasteiger partial charge on any atom is 0.220 e. The molecule has 1 aliphatic rings. The highest BCUT2D eigenvalue weighted by molar-refractivity contribution is 6.19. The Bertz CT molecular complexity index is 1380. The molecule has 0 radical (unpaired) electrons. The molecule has 7 nitrogen and oxygen atoms in total. The zero-order valence-electron chi connectivity index (χ0n) is 21.3. The summed E-state index contributed by atoms with van der Waals surface area (Å²) in [6.45, 7) is 3.77. The molecule has 3 aromatic rings. The van der Waals surface area contributed by atoms with Crippen LogP contribution in [0, 0.1) is 0 Å². The lowest BCUT2D eigenvalue weighted by atomic mass is 9.85. The summed E-state index contributed by atoms with van der Waals surface area (Å²) in [6.07, 6.45) is 4.18. The van der Waals surface area contributed by atoms with E-state index < -0.39 is 0 Å². The second-order valence-corrected chi connectivity index (χ2v) is 8.11. The zero-order chi connectivity index (χ0) is 27.7. The first kappa shape index (κ1) is 27.7. The van der Waals surface area contributed by atoms with E-state index in [0.29, 0.717) is 16.9 Å². The first-order chi connectivity index (χ1) is 18.3. The van der Waals surface area contributed by atoms with Crippen LogP contribution in [0.5, 0.6) is 17.2 Å². The van der Waals surface area contributed by atoms with Crippen LogP contribution in [0.3, 0.4) is 0 Å². The van der Waals surface area contributed by atoms with Gasteiger partial charge in [0.25, 0.3) is 0 Å². The monoisotopic (exact) mass is 512 g/mol. The lowest BCUT2D eigenvalue weighted by molar-refractivity contribution is -0.117. The summed E-state index contributed by atoms with van der Waals surface area (Å²) in [6, 6.07) is 20.8. The van der Waals surface area contributed by atoms with Gasteiger partial charge in [-0.15, -0.1) is 6.58 Å². The van der Waals surface area contributed by atoms with Crippen LogP contribution in [-0.4, -0.2) is 43.8 Å². The molecule has 7 heteroatoms. The van der Waals surface area contributed by atoms with E-state index in [1.807, 2.05) is 18.2 Å². The molecule has 0 aromatic heterocycles. The summed E-state index contributed by atoms with van der Waals surface area (Å²) < 4.78 is 14.9. The van der Waals surface area contributed by atoms with Gasteiger partial charge in [0, 0.05) is 29.2 Å². The summed E-state index contributed by atoms with van der Waals surface area (Å²) in [4.78, 5) is 36.1. The average molecular weight is 513 g/mol. The number of aromatic hydroxyl groups is 1. The van der Waals surface area contributed by atoms with Crippen molar-refractivity contribution in [2.45, 2.75) is 5.92 Å². The number of methoxy groups -OCH3 is 3. The first-order valence-electron chi connectivity index (χ1n) is 11.6. The Kier molecular flexibility index (Phi) is 9.37. The maximum absolute atomic E-state index is 12.2. The molecule has 0 aliphatic heterocycles. The van der Waals surface area contributed by atoms with Crippen molar-refractivity contribution >= 4 is 17.3 Å². The van der Waals surface area contributed by atoms with Crippen LogP contribution in [-0.2, 0) is 14.3 Å². The van der Waals surface area contributed by atoms with Gasteiger partial charge < -0.3 is 19.3 Å². The van der Waals surface area contributed by atoms with Gasteiger partial charge in [-0.3, -0.25) is 14.4 Å². The van der Waals surface area contributed by atoms with Crippen molar-refractivity contribution in [3.63, 3.8) is 0 Å². The molecule has 0 fully saturated rings. The molecule has 194 valence electrons. The Hall–Kier alpha value is -4.91. The van der Waals surface area contributed by atoms with Crippen LogP contribution in [0.2, 0.25) is 0 Å². The van der Waals surface area contributed by atoms with E-state index in [-0.39, 0.29) is 40.3 Å². The number of hydrogen-bond acceptors (Lipinski definition) is 7. The van der Waals surface area contributed by atoms with Crippen molar-refractivity contribution < 1.29 is 33.7 Å². The fourth-order valence-electron chi connectivity index (χ4n) is 3.79. The second-order valence-electron chi connectivity index (χ2n) is 8.11. The van der Waals surface area contributed by atoms with E-state index in [4.69, 9.17) is 14.2 Å². The standard InChI is InChI=1S/C17H16O4.C14H12O3/c1-4-13(11-5-7-12(20-2)8-6-11)14-9-16(19)17(21-3)10-15(14)18;1-17-11-7-8-12(13(15)9-11)14(16)10-5-3-2-4-6-10/h4-10,13H,1H2,2-3H3;2-9,15H,1H3. The Balaban J connectivity index is 0.000000215. The van der Waals surface area contributed by atoms with E-state index in [0.717, 1.165) is 11.3 Å². The Morgan fingerprint density at radius 1 is 0.816 bits per heavy atom. The van der Waals surface area contributed by atoms with Gasteiger partial charge in [0.05, 0.1) is 26.9 Å². The molecule has 38 heavy (non-hydrogen) atoms. The number of allylic oxidation sites excluding steroid dienone is 4. The van der Waals surface area contributed by atoms with Crippen LogP contribution in [0.1, 0.15) is 27.4 Å². The minimum Gasteiger partial charge on any atom is -0.507 e. The highest BCUT2D eigenvalue weighted by atomic mass is 16.5. The molecular formula is C31H28O7. The fourth-order valence-corrected chi connectivity index (χ4v) is 3.79. The fraction of sp³-hybridized carbons (Fsp3) is 0.129. The predicted octanol–water partition coefficient (Wildman–Crippen LogP) is 5.21. The van der Waals surface area contributed by atoms with Gasteiger partial charge in [-0.2, -0.15) is 0 Å². The lowest BCUT2D eigenvalue weighted by Crippen LogP contribution is -2.18. The molecular weight excluding hydrogens is 484 g/mol. The number of hydrogen-bond donors (Lipinski definition) is 1. The second kappa shape index (κ2) is 12.9. The molecule has 3 aromatic carbocycles. The lowest BCUT2D eigenvalue weighted by Gasteiger charge is -2.18. The Labute approximate surface area is 221 Å². The van der Waals surface area contributed by atoms with E-state index in [9.17, 15) is 19.5 Å². The number of rotatable bonds is 8. The predicted molar refractivity (Wildman–Crippen MR) is 144 cm³/mol. The molecule has 1 unspecified atom stereocenters. The van der Waals surface area contributed by atoms with Crippen LogP contribution >= 0.6 is 0 Å². The van der Waals surface area contributed by atoms with Crippen molar-refractivity contribution in [1.29, 1.82) is 0 Å². The Morgan fingerprint density at radius 2 is 1.45 bits per heavy atom. The minimum absolute atomic E-state index is 0.0568. The average Bonchev–Trinajstić information content (AvgIpc) is 2.95. The molecule has 1 atom stereocenters. The highest BCUT2D eigenvalue weighted by Crippen LogP contribution is 2.30. The normalized spacial score (nSPS) is 13.2. The smallest absolute Gasteiger partial charge is 0.220 e. The number of ketones is 3. The number of carbonyl (C=O) groups excluding carboxylic acids is 3. The highest BCUT2D eigenvalue weighted by Gasteiger charge is 2.26. The molecule has 1 N–H and O–H groups in total. The van der Waals surface area contributed by atoms with Crippen molar-refractivity contribution in [3.05, 3.63) is 126 Å². The number of carbonyl (C=O) groups is 3. The van der Waals surface area contributed by atoms with Gasteiger partial charge in [-0.05, 0) is 35.9 Å². The number of phenols is 1. The minimum atomic E-state index is -0.345. The summed E-state index contributed by atoms with van der Waals surface area (Å²) in [5.74, 6) is 0.127. The maximum atomic E-state index is 12.2. The summed E-state index contributed by atoms with van der Waals surface area (Å²) >= 11 is 0. The van der Waals surface area contributed by atoms with Crippen molar-refractivity contribution in [1.82, 2.24) is 0 Å². The summed E-state index contributed by atoms with van der Waals surface area (Å²) in [5, 5.41) is 9.75. The SMILES string of the molecule is C=CC(C1=CC(=O)C(OC)=CC1=O)c1ccc(OC)cc1.COc1ccc(C(=O)c2ccccc2)c(O)c1. The molecule has 4 rings (SSSR count). The van der Waals surface area contributed by atoms with Gasteiger partial charge in [-0.1, -0.05) is 48.5 Å². The number of benzene rings is 3. The van der Waals surface area contributed by atoms with Gasteiger partial charge >= 0.3 is 0 Å². The molecule has 0 spiro atoms. The first-order valence-corrected chi connectivity index (χ1v) is 11.6. The van der Waals surface area contributed by atoms with Gasteiger partial charge in [-0.25, -0.2) is 0 Å². The number of ether oxygens (including phenoxy) is 3. The van der Waals surface area contributed by atoms with Gasteiger partial charge in [0.15, 0.2) is 17.3 Å². The van der Waals surface area contributed by atoms with Crippen LogP contribution in [0.4, 0.5) is 0 Å². The molecule has 0 saturated heterocycles. The molecule has 0 bridgehead atoms. The molecule has 1 aliphatic carbocycles. The quantitative estimate of drug-likeness (QED) is 0.251. The van der Waals surface area contributed by atoms with E-state index in [1.165, 1.54) is 32.4 Å². The third-order valence-corrected chi connectivity index (χ3v) is 5.83. The van der Waals surface area contributed by atoms with Crippen LogP contribution in [0.25, 0.3) is 0 Å². The third-order valence-electron chi connectivity index (χ3n) is 5.83. The van der Waals surface area contributed by atoms with E-state index >= 15 is 0 Å². The summed E-state index contributed by atoms with van der Waals surface area (Å²) in [5.41, 5.74) is 2.08. The van der Waals surface area contributed by atoms with Crippen LogP contribution in [0.15, 0.2) is 109 Å². The molecule has 0 heterocycles. The Morgan fingerprint density at radius 3 is 2.00 bits per heavy atom. The summed E-state index contributed by atoms with van der Waals surface area (Å²) in [7, 11) is 4.46. The van der Waals surface area contributed by atoms with Gasteiger partial charge in [0.2, 0.25) is 5.78 Å². The third kappa shape index (κ3) is 6.44. The molecule has 0 saturated carbocycles. The van der Waals surface area contributed by atoms with Crippen molar-refractivity contribution in [2.75, 3.05) is 21.3 Å². The van der Waals surface area contributed by atoms with E-state index in [1.54, 1.807) is 61.7 Å². The zero-order valence-corrected chi connectivity index (χ0v) is 21.3. The largest absolute Gasteiger partial charge is 0.507 e.